The Morgan fingerprint density at radius 1 is 0.706 bits per heavy atom. The first-order chi connectivity index (χ1) is 7.73. The SMILES string of the molecule is CC(C)N(B(C#N)N(C(C)C)C(C)C)C(C)C. The van der Waals surface area contributed by atoms with Gasteiger partial charge >= 0.3 is 6.98 Å². The van der Waals surface area contributed by atoms with E-state index in [2.05, 4.69) is 71.0 Å². The van der Waals surface area contributed by atoms with Gasteiger partial charge in [0, 0.05) is 5.97 Å². The van der Waals surface area contributed by atoms with Gasteiger partial charge in [-0.15, -0.1) is 0 Å². The summed E-state index contributed by atoms with van der Waals surface area (Å²) in [6.07, 6.45) is 0. The molecule has 0 saturated carbocycles. The molecule has 0 aromatic carbocycles. The molecule has 0 atom stereocenters. The van der Waals surface area contributed by atoms with E-state index >= 15 is 0 Å². The molecule has 0 unspecified atom stereocenters. The van der Waals surface area contributed by atoms with E-state index in [9.17, 15) is 5.26 Å². The molecule has 98 valence electrons. The van der Waals surface area contributed by atoms with Crippen molar-refractivity contribution in [2.45, 2.75) is 79.6 Å². The zero-order valence-electron chi connectivity index (χ0n) is 12.7. The maximum absolute atomic E-state index is 9.53. The number of rotatable bonds is 6. The van der Waals surface area contributed by atoms with Crippen molar-refractivity contribution in [2.24, 2.45) is 0 Å². The van der Waals surface area contributed by atoms with Crippen LogP contribution in [-0.2, 0) is 0 Å². The van der Waals surface area contributed by atoms with Crippen molar-refractivity contribution >= 4 is 6.98 Å². The highest BCUT2D eigenvalue weighted by Crippen LogP contribution is 2.16. The molecule has 0 N–H and O–H groups in total. The van der Waals surface area contributed by atoms with Crippen LogP contribution in [0.2, 0.25) is 0 Å². The van der Waals surface area contributed by atoms with Crippen LogP contribution in [0.5, 0.6) is 0 Å². The third kappa shape index (κ3) is 4.33. The molecule has 0 rings (SSSR count). The Labute approximate surface area is 108 Å². The Morgan fingerprint density at radius 2 is 0.941 bits per heavy atom. The van der Waals surface area contributed by atoms with E-state index in [1.807, 2.05) is 0 Å². The summed E-state index contributed by atoms with van der Waals surface area (Å²) in [5.74, 6) is 2.48. The Bertz CT molecular complexity index is 220. The molecule has 0 aliphatic rings. The largest absolute Gasteiger partial charge is 0.434 e. The maximum atomic E-state index is 9.53. The van der Waals surface area contributed by atoms with E-state index in [0.717, 1.165) is 0 Å². The van der Waals surface area contributed by atoms with Crippen LogP contribution < -0.4 is 0 Å². The topological polar surface area (TPSA) is 30.3 Å². The summed E-state index contributed by atoms with van der Waals surface area (Å²) in [5, 5.41) is 9.53. The van der Waals surface area contributed by atoms with E-state index in [1.54, 1.807) is 0 Å². The zero-order valence-corrected chi connectivity index (χ0v) is 12.7. The molecule has 0 fully saturated rings. The summed E-state index contributed by atoms with van der Waals surface area (Å²) < 4.78 is 0. The first-order valence-corrected chi connectivity index (χ1v) is 6.68. The van der Waals surface area contributed by atoms with Gasteiger partial charge in [0.1, 0.15) is 0 Å². The summed E-state index contributed by atoms with van der Waals surface area (Å²) in [7, 11) is 0. The quantitative estimate of drug-likeness (QED) is 0.665. The molecule has 4 heteroatoms. The van der Waals surface area contributed by atoms with Gasteiger partial charge in [0.2, 0.25) is 0 Å². The van der Waals surface area contributed by atoms with Gasteiger partial charge in [0.15, 0.2) is 0 Å². The van der Waals surface area contributed by atoms with Crippen molar-refractivity contribution in [1.82, 2.24) is 9.62 Å². The minimum Gasteiger partial charge on any atom is -0.311 e. The summed E-state index contributed by atoms with van der Waals surface area (Å²) in [6.45, 7) is 17.1. The molecular weight excluding hydrogens is 209 g/mol. The minimum atomic E-state index is -0.144. The minimum absolute atomic E-state index is 0.144. The van der Waals surface area contributed by atoms with Crippen LogP contribution in [0.15, 0.2) is 0 Å². The van der Waals surface area contributed by atoms with Crippen LogP contribution in [0.1, 0.15) is 55.4 Å². The van der Waals surface area contributed by atoms with Crippen LogP contribution in [-0.4, -0.2) is 40.8 Å². The van der Waals surface area contributed by atoms with Gasteiger partial charge in [0.05, 0.1) is 0 Å². The molecule has 0 heterocycles. The fourth-order valence-electron chi connectivity index (χ4n) is 2.61. The molecule has 0 bridgehead atoms. The van der Waals surface area contributed by atoms with Gasteiger partial charge in [-0.25, -0.2) is 5.26 Å². The van der Waals surface area contributed by atoms with E-state index in [0.29, 0.717) is 24.2 Å². The van der Waals surface area contributed by atoms with E-state index in [-0.39, 0.29) is 6.98 Å². The molecule has 0 aliphatic carbocycles. The highest BCUT2D eigenvalue weighted by atomic mass is 15.3. The Kier molecular flexibility index (Phi) is 6.81. The molecule has 17 heavy (non-hydrogen) atoms. The number of hydrogen-bond acceptors (Lipinski definition) is 3. The molecular formula is C13H28BN3. The van der Waals surface area contributed by atoms with Crippen molar-refractivity contribution in [3.8, 4) is 5.97 Å². The number of hydrogen-bond donors (Lipinski definition) is 0. The van der Waals surface area contributed by atoms with E-state index < -0.39 is 0 Å². The van der Waals surface area contributed by atoms with Crippen LogP contribution in [0.3, 0.4) is 0 Å². The highest BCUT2D eigenvalue weighted by Gasteiger charge is 2.37. The lowest BCUT2D eigenvalue weighted by Crippen LogP contribution is -2.61. The summed E-state index contributed by atoms with van der Waals surface area (Å²) in [5.41, 5.74) is 0. The Balaban J connectivity index is 5.20. The molecule has 0 amide bonds. The van der Waals surface area contributed by atoms with Crippen molar-refractivity contribution < 1.29 is 0 Å². The second-order valence-corrected chi connectivity index (χ2v) is 5.77. The number of nitriles is 1. The first kappa shape index (κ1) is 16.5. The Morgan fingerprint density at radius 3 is 1.06 bits per heavy atom. The predicted molar refractivity (Wildman–Crippen MR) is 75.6 cm³/mol. The summed E-state index contributed by atoms with van der Waals surface area (Å²) >= 11 is 0. The molecule has 0 radical (unpaired) electrons. The van der Waals surface area contributed by atoms with Crippen molar-refractivity contribution in [2.75, 3.05) is 0 Å². The lowest BCUT2D eigenvalue weighted by atomic mass is 9.69. The Hall–Kier alpha value is -0.525. The lowest BCUT2D eigenvalue weighted by molar-refractivity contribution is 0.228. The van der Waals surface area contributed by atoms with Crippen LogP contribution in [0.25, 0.3) is 0 Å². The standard InChI is InChI=1S/C13H28BN3/c1-10(2)16(11(3)4)14(9-15)17(12(5)6)13(7)8/h10-13H,1-8H3. The van der Waals surface area contributed by atoms with Gasteiger partial charge in [-0.2, -0.15) is 0 Å². The van der Waals surface area contributed by atoms with Crippen molar-refractivity contribution in [1.29, 1.82) is 5.26 Å². The third-order valence-electron chi connectivity index (χ3n) is 3.07. The molecule has 0 aromatic rings. The van der Waals surface area contributed by atoms with Crippen LogP contribution in [0, 0.1) is 11.2 Å². The first-order valence-electron chi connectivity index (χ1n) is 6.68. The van der Waals surface area contributed by atoms with Crippen molar-refractivity contribution in [3.63, 3.8) is 0 Å². The molecule has 3 nitrogen and oxygen atoms in total. The monoisotopic (exact) mass is 237 g/mol. The third-order valence-corrected chi connectivity index (χ3v) is 3.07. The average Bonchev–Trinajstić information content (AvgIpc) is 2.13. The normalized spacial score (nSPS) is 12.3. The zero-order chi connectivity index (χ0) is 13.7. The molecule has 0 aromatic heterocycles. The van der Waals surface area contributed by atoms with Gasteiger partial charge in [0.25, 0.3) is 0 Å². The second kappa shape index (κ2) is 7.03. The second-order valence-electron chi connectivity index (χ2n) is 5.77. The van der Waals surface area contributed by atoms with Gasteiger partial charge < -0.3 is 9.62 Å². The maximum Gasteiger partial charge on any atom is 0.434 e. The fourth-order valence-corrected chi connectivity index (χ4v) is 2.61. The van der Waals surface area contributed by atoms with Gasteiger partial charge in [-0.05, 0) is 24.2 Å². The van der Waals surface area contributed by atoms with Crippen LogP contribution >= 0.6 is 0 Å². The van der Waals surface area contributed by atoms with E-state index in [1.165, 1.54) is 0 Å². The fraction of sp³-hybridized carbons (Fsp3) is 0.923. The molecule has 0 saturated heterocycles. The lowest BCUT2D eigenvalue weighted by Gasteiger charge is -2.41. The smallest absolute Gasteiger partial charge is 0.311 e. The predicted octanol–water partition coefficient (Wildman–Crippen LogP) is 2.77. The molecule has 0 spiro atoms. The van der Waals surface area contributed by atoms with Crippen LogP contribution in [0.4, 0.5) is 0 Å². The summed E-state index contributed by atoms with van der Waals surface area (Å²) in [4.78, 5) is 4.56. The average molecular weight is 237 g/mol. The highest BCUT2D eigenvalue weighted by molar-refractivity contribution is 6.61. The van der Waals surface area contributed by atoms with Gasteiger partial charge in [-0.3, -0.25) is 0 Å². The van der Waals surface area contributed by atoms with E-state index in [4.69, 9.17) is 0 Å². The molecule has 0 aliphatic heterocycles. The number of nitrogens with zero attached hydrogens (tertiary/aromatic N) is 3. The van der Waals surface area contributed by atoms with Gasteiger partial charge in [-0.1, -0.05) is 55.4 Å². The summed E-state index contributed by atoms with van der Waals surface area (Å²) in [6, 6.07) is 1.50. The van der Waals surface area contributed by atoms with Crippen molar-refractivity contribution in [3.05, 3.63) is 0 Å².